The molecule has 2 N–H and O–H groups in total. The maximum atomic E-state index is 10.7. The highest BCUT2D eigenvalue weighted by Crippen LogP contribution is 2.21. The van der Waals surface area contributed by atoms with Crippen molar-refractivity contribution in [2.24, 2.45) is 0 Å². The first-order chi connectivity index (χ1) is 5.05. The van der Waals surface area contributed by atoms with Crippen molar-refractivity contribution in [3.63, 3.8) is 0 Å². The average Bonchev–Trinajstić information content (AvgIpc) is 2.29. The normalized spacial score (nSPS) is 28.5. The summed E-state index contributed by atoms with van der Waals surface area (Å²) in [5.41, 5.74) is 1.50. The molecule has 0 spiro atoms. The third-order valence-electron chi connectivity index (χ3n) is 1.41. The van der Waals surface area contributed by atoms with E-state index in [-0.39, 0.29) is 6.61 Å². The van der Waals surface area contributed by atoms with E-state index in [4.69, 9.17) is 14.7 Å². The first kappa shape index (κ1) is 8.45. The van der Waals surface area contributed by atoms with Gasteiger partial charge in [-0.3, -0.25) is 10.0 Å². The molecule has 1 aliphatic rings. The van der Waals surface area contributed by atoms with Crippen LogP contribution in [0.5, 0.6) is 0 Å². The van der Waals surface area contributed by atoms with Crippen LogP contribution in [-0.2, 0) is 14.3 Å². The van der Waals surface area contributed by atoms with E-state index in [1.807, 2.05) is 0 Å². The lowest BCUT2D eigenvalue weighted by Gasteiger charge is -2.15. The Morgan fingerprint density at radius 1 is 1.73 bits per heavy atom. The molecule has 5 heteroatoms. The molecule has 1 atom stereocenters. The van der Waals surface area contributed by atoms with Crippen molar-refractivity contribution in [2.75, 3.05) is 6.61 Å². The molecule has 64 valence electrons. The molecule has 1 rings (SSSR count). The van der Waals surface area contributed by atoms with E-state index in [9.17, 15) is 4.79 Å². The molecule has 1 amide bonds. The van der Waals surface area contributed by atoms with Gasteiger partial charge in [0.1, 0.15) is 0 Å². The zero-order valence-corrected chi connectivity index (χ0v) is 6.46. The van der Waals surface area contributed by atoms with Crippen LogP contribution < -0.4 is 5.48 Å². The Balaban J connectivity index is 2.48. The molecule has 0 bridgehead atoms. The van der Waals surface area contributed by atoms with Crippen LogP contribution in [0.3, 0.4) is 0 Å². The second kappa shape index (κ2) is 2.77. The number of carbonyl (C=O) groups excluding carboxylic acids is 1. The summed E-state index contributed by atoms with van der Waals surface area (Å²) < 4.78 is 10.2. The molecule has 1 fully saturated rings. The van der Waals surface area contributed by atoms with Crippen molar-refractivity contribution in [1.29, 1.82) is 0 Å². The summed E-state index contributed by atoms with van der Waals surface area (Å²) in [5, 5.41) is 8.23. The molecule has 1 unspecified atom stereocenters. The molecule has 11 heavy (non-hydrogen) atoms. The maximum absolute atomic E-state index is 10.7. The SMILES string of the molecule is CC1(C)OCC(C(=O)NO)O1. The highest BCUT2D eigenvalue weighted by molar-refractivity contribution is 5.79. The zero-order chi connectivity index (χ0) is 8.48. The van der Waals surface area contributed by atoms with Gasteiger partial charge in [0.15, 0.2) is 11.9 Å². The Labute approximate surface area is 64.2 Å². The number of rotatable bonds is 1. The van der Waals surface area contributed by atoms with E-state index >= 15 is 0 Å². The summed E-state index contributed by atoms with van der Waals surface area (Å²) in [7, 11) is 0. The number of carbonyl (C=O) groups is 1. The van der Waals surface area contributed by atoms with Crippen LogP contribution >= 0.6 is 0 Å². The lowest BCUT2D eigenvalue weighted by Crippen LogP contribution is -2.35. The van der Waals surface area contributed by atoms with Gasteiger partial charge in [-0.25, -0.2) is 5.48 Å². The highest BCUT2D eigenvalue weighted by Gasteiger charge is 2.36. The highest BCUT2D eigenvalue weighted by atomic mass is 16.7. The van der Waals surface area contributed by atoms with Crippen LogP contribution in [0.15, 0.2) is 0 Å². The molecule has 1 heterocycles. The van der Waals surface area contributed by atoms with E-state index < -0.39 is 17.8 Å². The molecule has 0 aromatic carbocycles. The number of hydrogen-bond donors (Lipinski definition) is 2. The molecule has 0 saturated carbocycles. The summed E-state index contributed by atoms with van der Waals surface area (Å²) >= 11 is 0. The van der Waals surface area contributed by atoms with Crippen LogP contribution in [0, 0.1) is 0 Å². The fourth-order valence-electron chi connectivity index (χ4n) is 0.888. The topological polar surface area (TPSA) is 67.8 Å². The molecule has 1 saturated heterocycles. The minimum atomic E-state index is -0.725. The molecule has 5 nitrogen and oxygen atoms in total. The third-order valence-corrected chi connectivity index (χ3v) is 1.41. The van der Waals surface area contributed by atoms with Gasteiger partial charge in [0.05, 0.1) is 6.61 Å². The Kier molecular flexibility index (Phi) is 2.12. The van der Waals surface area contributed by atoms with Crippen molar-refractivity contribution < 1.29 is 19.5 Å². The monoisotopic (exact) mass is 161 g/mol. The molecule has 0 aromatic heterocycles. The molecular weight excluding hydrogens is 150 g/mol. The Hall–Kier alpha value is -0.650. The predicted octanol–water partition coefficient (Wildman–Crippen LogP) is -0.357. The minimum absolute atomic E-state index is 0.180. The van der Waals surface area contributed by atoms with E-state index in [2.05, 4.69) is 0 Å². The summed E-state index contributed by atoms with van der Waals surface area (Å²) in [6, 6.07) is 0. The largest absolute Gasteiger partial charge is 0.347 e. The average molecular weight is 161 g/mol. The summed E-state index contributed by atoms with van der Waals surface area (Å²) in [5.74, 6) is -1.30. The van der Waals surface area contributed by atoms with Crippen LogP contribution in [0.2, 0.25) is 0 Å². The van der Waals surface area contributed by atoms with E-state index in [0.717, 1.165) is 0 Å². The quantitative estimate of drug-likeness (QED) is 0.407. The number of amides is 1. The van der Waals surface area contributed by atoms with Gasteiger partial charge in [-0.2, -0.15) is 0 Å². The van der Waals surface area contributed by atoms with Crippen molar-refractivity contribution in [2.45, 2.75) is 25.7 Å². The van der Waals surface area contributed by atoms with Crippen LogP contribution in [0.4, 0.5) is 0 Å². The maximum Gasteiger partial charge on any atom is 0.274 e. The van der Waals surface area contributed by atoms with E-state index in [0.29, 0.717) is 0 Å². The van der Waals surface area contributed by atoms with Gasteiger partial charge < -0.3 is 9.47 Å². The Morgan fingerprint density at radius 3 is 2.73 bits per heavy atom. The van der Waals surface area contributed by atoms with Crippen LogP contribution in [0.1, 0.15) is 13.8 Å². The van der Waals surface area contributed by atoms with Gasteiger partial charge >= 0.3 is 0 Å². The van der Waals surface area contributed by atoms with Crippen LogP contribution in [0.25, 0.3) is 0 Å². The van der Waals surface area contributed by atoms with E-state index in [1.165, 1.54) is 5.48 Å². The summed E-state index contributed by atoms with van der Waals surface area (Å²) in [6.45, 7) is 3.59. The van der Waals surface area contributed by atoms with Crippen molar-refractivity contribution in [1.82, 2.24) is 5.48 Å². The van der Waals surface area contributed by atoms with E-state index in [1.54, 1.807) is 13.8 Å². The Morgan fingerprint density at radius 2 is 2.36 bits per heavy atom. The van der Waals surface area contributed by atoms with Gasteiger partial charge in [-0.05, 0) is 13.8 Å². The number of ether oxygens (including phenoxy) is 2. The van der Waals surface area contributed by atoms with Gasteiger partial charge in [0.25, 0.3) is 5.91 Å². The summed E-state index contributed by atoms with van der Waals surface area (Å²) in [6.07, 6.45) is -0.699. The van der Waals surface area contributed by atoms with Gasteiger partial charge in [-0.1, -0.05) is 0 Å². The summed E-state index contributed by atoms with van der Waals surface area (Å²) in [4.78, 5) is 10.7. The minimum Gasteiger partial charge on any atom is -0.347 e. The standard InChI is InChI=1S/C6H11NO4/c1-6(2)10-3-4(11-6)5(8)7-9/h4,9H,3H2,1-2H3,(H,7,8). The smallest absolute Gasteiger partial charge is 0.274 e. The fourth-order valence-corrected chi connectivity index (χ4v) is 0.888. The first-order valence-corrected chi connectivity index (χ1v) is 3.31. The van der Waals surface area contributed by atoms with Crippen molar-refractivity contribution in [3.8, 4) is 0 Å². The predicted molar refractivity (Wildman–Crippen MR) is 34.8 cm³/mol. The van der Waals surface area contributed by atoms with Gasteiger partial charge in [0, 0.05) is 0 Å². The lowest BCUT2D eigenvalue weighted by molar-refractivity contribution is -0.158. The third kappa shape index (κ3) is 1.89. The first-order valence-electron chi connectivity index (χ1n) is 3.31. The lowest BCUT2D eigenvalue weighted by atomic mass is 10.3. The fraction of sp³-hybridized carbons (Fsp3) is 0.833. The van der Waals surface area contributed by atoms with Crippen molar-refractivity contribution in [3.05, 3.63) is 0 Å². The van der Waals surface area contributed by atoms with Crippen LogP contribution in [-0.4, -0.2) is 29.6 Å². The molecular formula is C6H11NO4. The molecule has 0 aromatic rings. The number of hydrogen-bond acceptors (Lipinski definition) is 4. The molecule has 1 aliphatic heterocycles. The second-order valence-corrected chi connectivity index (χ2v) is 2.79. The number of nitrogens with one attached hydrogen (secondary N) is 1. The molecule has 0 aliphatic carbocycles. The van der Waals surface area contributed by atoms with Gasteiger partial charge in [0.2, 0.25) is 0 Å². The zero-order valence-electron chi connectivity index (χ0n) is 6.46. The van der Waals surface area contributed by atoms with Crippen molar-refractivity contribution >= 4 is 5.91 Å². The van der Waals surface area contributed by atoms with Gasteiger partial charge in [-0.15, -0.1) is 0 Å². The number of hydroxylamine groups is 1. The Bertz CT molecular complexity index is 168. The molecule has 0 radical (unpaired) electrons. The second-order valence-electron chi connectivity index (χ2n) is 2.79.